The van der Waals surface area contributed by atoms with Gasteiger partial charge in [0.05, 0.1) is 11.7 Å². The quantitative estimate of drug-likeness (QED) is 0.641. The third-order valence-electron chi connectivity index (χ3n) is 2.57. The lowest BCUT2D eigenvalue weighted by Crippen LogP contribution is -2.39. The van der Waals surface area contributed by atoms with Crippen molar-refractivity contribution < 1.29 is 10.2 Å². The Balaban J connectivity index is 2.32. The average Bonchev–Trinajstić information content (AvgIpc) is 2.35. The highest BCUT2D eigenvalue weighted by molar-refractivity contribution is 4.81. The number of aliphatic hydroxyl groups excluding tert-OH is 1. The fourth-order valence-electron chi connectivity index (χ4n) is 1.55. The Morgan fingerprint density at radius 1 is 1.58 bits per heavy atom. The lowest BCUT2D eigenvalue weighted by atomic mass is 10.0. The average molecular weight is 173 g/mol. The van der Waals surface area contributed by atoms with Crippen LogP contribution in [0.1, 0.15) is 26.7 Å². The number of aliphatic hydroxyl groups is 2. The molecular formula is C9H19NO2. The molecule has 1 saturated heterocycles. The lowest BCUT2D eigenvalue weighted by Gasteiger charge is -2.27. The molecule has 0 bridgehead atoms. The van der Waals surface area contributed by atoms with Crippen molar-refractivity contribution in [3.63, 3.8) is 0 Å². The highest BCUT2D eigenvalue weighted by Crippen LogP contribution is 2.15. The minimum atomic E-state index is -0.593. The zero-order chi connectivity index (χ0) is 9.19. The molecule has 1 rings (SSSR count). The van der Waals surface area contributed by atoms with Crippen molar-refractivity contribution in [1.82, 2.24) is 4.90 Å². The molecular weight excluding hydrogens is 154 g/mol. The second-order valence-electron chi connectivity index (χ2n) is 4.03. The fraction of sp³-hybridized carbons (Fsp3) is 1.00. The molecule has 0 aliphatic carbocycles. The fourth-order valence-corrected chi connectivity index (χ4v) is 1.55. The van der Waals surface area contributed by atoms with E-state index in [4.69, 9.17) is 0 Å². The van der Waals surface area contributed by atoms with E-state index in [0.29, 0.717) is 6.54 Å². The maximum atomic E-state index is 9.75. The highest BCUT2D eigenvalue weighted by atomic mass is 16.3. The summed E-state index contributed by atoms with van der Waals surface area (Å²) in [7, 11) is 0. The summed E-state index contributed by atoms with van der Waals surface area (Å²) in [6.07, 6.45) is 1.43. The van der Waals surface area contributed by atoms with Gasteiger partial charge in [-0.25, -0.2) is 0 Å². The Morgan fingerprint density at radius 3 is 2.67 bits per heavy atom. The van der Waals surface area contributed by atoms with Gasteiger partial charge in [-0.3, -0.25) is 4.90 Å². The molecule has 3 nitrogen and oxygen atoms in total. The van der Waals surface area contributed by atoms with Gasteiger partial charge in [0.25, 0.3) is 0 Å². The van der Waals surface area contributed by atoms with Crippen molar-refractivity contribution in [3.8, 4) is 0 Å². The van der Waals surface area contributed by atoms with E-state index >= 15 is 0 Å². The molecule has 1 fully saturated rings. The van der Waals surface area contributed by atoms with E-state index in [2.05, 4.69) is 4.90 Å². The highest BCUT2D eigenvalue weighted by Gasteiger charge is 2.27. The van der Waals surface area contributed by atoms with Gasteiger partial charge in [0, 0.05) is 19.6 Å². The molecule has 2 atom stereocenters. The number of likely N-dealkylation sites (tertiary alicyclic amines) is 1. The molecule has 1 aliphatic rings. The molecule has 0 aromatic carbocycles. The van der Waals surface area contributed by atoms with E-state index < -0.39 is 5.60 Å². The van der Waals surface area contributed by atoms with Gasteiger partial charge >= 0.3 is 0 Å². The SMILES string of the molecule is CCC(C)(O)CN1CC[C@@H](O)C1. The zero-order valence-electron chi connectivity index (χ0n) is 7.95. The molecule has 0 saturated carbocycles. The van der Waals surface area contributed by atoms with Crippen LogP contribution in [-0.4, -0.2) is 46.5 Å². The van der Waals surface area contributed by atoms with Crippen LogP contribution in [0.4, 0.5) is 0 Å². The van der Waals surface area contributed by atoms with Gasteiger partial charge in [-0.2, -0.15) is 0 Å². The molecule has 0 radical (unpaired) electrons. The Labute approximate surface area is 74.0 Å². The topological polar surface area (TPSA) is 43.7 Å². The first-order chi connectivity index (χ1) is 5.53. The molecule has 0 spiro atoms. The summed E-state index contributed by atoms with van der Waals surface area (Å²) < 4.78 is 0. The standard InChI is InChI=1S/C9H19NO2/c1-3-9(2,12)7-10-5-4-8(11)6-10/h8,11-12H,3-7H2,1-2H3/t8-,9?/m1/s1. The summed E-state index contributed by atoms with van der Waals surface area (Å²) in [6, 6.07) is 0. The van der Waals surface area contributed by atoms with E-state index in [-0.39, 0.29) is 6.10 Å². The van der Waals surface area contributed by atoms with Crippen LogP contribution in [0.15, 0.2) is 0 Å². The first kappa shape index (κ1) is 9.96. The third-order valence-corrected chi connectivity index (χ3v) is 2.57. The second kappa shape index (κ2) is 3.73. The normalized spacial score (nSPS) is 30.5. The summed E-state index contributed by atoms with van der Waals surface area (Å²) in [5.74, 6) is 0. The minimum absolute atomic E-state index is 0.183. The van der Waals surface area contributed by atoms with Gasteiger partial charge in [-0.1, -0.05) is 6.92 Å². The molecule has 1 aliphatic heterocycles. The first-order valence-corrected chi connectivity index (χ1v) is 4.66. The van der Waals surface area contributed by atoms with Crippen LogP contribution in [0.3, 0.4) is 0 Å². The molecule has 0 amide bonds. The van der Waals surface area contributed by atoms with Crippen LogP contribution in [-0.2, 0) is 0 Å². The summed E-state index contributed by atoms with van der Waals surface area (Å²) in [5.41, 5.74) is -0.593. The van der Waals surface area contributed by atoms with Crippen molar-refractivity contribution in [1.29, 1.82) is 0 Å². The van der Waals surface area contributed by atoms with Crippen LogP contribution in [0.2, 0.25) is 0 Å². The minimum Gasteiger partial charge on any atom is -0.392 e. The molecule has 1 heterocycles. The van der Waals surface area contributed by atoms with Crippen LogP contribution in [0.5, 0.6) is 0 Å². The van der Waals surface area contributed by atoms with Gasteiger partial charge in [0.2, 0.25) is 0 Å². The maximum Gasteiger partial charge on any atom is 0.0743 e. The van der Waals surface area contributed by atoms with Crippen molar-refractivity contribution in [2.45, 2.75) is 38.4 Å². The summed E-state index contributed by atoms with van der Waals surface area (Å²) >= 11 is 0. The first-order valence-electron chi connectivity index (χ1n) is 4.66. The lowest BCUT2D eigenvalue weighted by molar-refractivity contribution is 0.0198. The van der Waals surface area contributed by atoms with E-state index in [1.807, 2.05) is 13.8 Å². The Bertz CT molecular complexity index is 147. The summed E-state index contributed by atoms with van der Waals surface area (Å²) in [5, 5.41) is 19.0. The largest absolute Gasteiger partial charge is 0.392 e. The van der Waals surface area contributed by atoms with Crippen molar-refractivity contribution >= 4 is 0 Å². The van der Waals surface area contributed by atoms with Crippen LogP contribution >= 0.6 is 0 Å². The summed E-state index contributed by atoms with van der Waals surface area (Å²) in [6.45, 7) is 6.14. The molecule has 2 N–H and O–H groups in total. The monoisotopic (exact) mass is 173 g/mol. The number of β-amino-alcohol motifs (C(OH)–C–C–N with tert-alkyl or cyclic N) is 2. The number of rotatable bonds is 3. The van der Waals surface area contributed by atoms with Crippen molar-refractivity contribution in [3.05, 3.63) is 0 Å². The van der Waals surface area contributed by atoms with Gasteiger partial charge < -0.3 is 10.2 Å². The predicted molar refractivity (Wildman–Crippen MR) is 48.0 cm³/mol. The third kappa shape index (κ3) is 2.73. The van der Waals surface area contributed by atoms with E-state index in [1.165, 1.54) is 0 Å². The van der Waals surface area contributed by atoms with Crippen LogP contribution < -0.4 is 0 Å². The Hall–Kier alpha value is -0.120. The Morgan fingerprint density at radius 2 is 2.25 bits per heavy atom. The zero-order valence-corrected chi connectivity index (χ0v) is 7.95. The number of nitrogens with zero attached hydrogens (tertiary/aromatic N) is 1. The predicted octanol–water partition coefficient (Wildman–Crippen LogP) is 0.214. The molecule has 0 aromatic rings. The molecule has 0 aromatic heterocycles. The second-order valence-corrected chi connectivity index (χ2v) is 4.03. The van der Waals surface area contributed by atoms with Crippen molar-refractivity contribution in [2.24, 2.45) is 0 Å². The van der Waals surface area contributed by atoms with E-state index in [1.54, 1.807) is 0 Å². The van der Waals surface area contributed by atoms with Crippen LogP contribution in [0, 0.1) is 0 Å². The molecule has 1 unspecified atom stereocenters. The number of hydrogen-bond acceptors (Lipinski definition) is 3. The maximum absolute atomic E-state index is 9.75. The van der Waals surface area contributed by atoms with Gasteiger partial charge in [-0.15, -0.1) is 0 Å². The van der Waals surface area contributed by atoms with Crippen LogP contribution in [0.25, 0.3) is 0 Å². The number of hydrogen-bond donors (Lipinski definition) is 2. The summed E-state index contributed by atoms with van der Waals surface area (Å²) in [4.78, 5) is 2.12. The van der Waals surface area contributed by atoms with Crippen molar-refractivity contribution in [2.75, 3.05) is 19.6 Å². The van der Waals surface area contributed by atoms with Gasteiger partial charge in [0.15, 0.2) is 0 Å². The molecule has 72 valence electrons. The molecule has 3 heteroatoms. The van der Waals surface area contributed by atoms with Gasteiger partial charge in [0.1, 0.15) is 0 Å². The smallest absolute Gasteiger partial charge is 0.0743 e. The molecule has 12 heavy (non-hydrogen) atoms. The Kier molecular flexibility index (Phi) is 3.09. The van der Waals surface area contributed by atoms with Gasteiger partial charge in [-0.05, 0) is 19.8 Å². The van der Waals surface area contributed by atoms with E-state index in [0.717, 1.165) is 25.9 Å². The van der Waals surface area contributed by atoms with E-state index in [9.17, 15) is 10.2 Å².